The summed E-state index contributed by atoms with van der Waals surface area (Å²) in [5.74, 6) is -0.360. The lowest BCUT2D eigenvalue weighted by molar-refractivity contribution is -0.384. The van der Waals surface area contributed by atoms with Crippen LogP contribution in [0.2, 0.25) is 0 Å². The van der Waals surface area contributed by atoms with Crippen molar-refractivity contribution < 1.29 is 14.5 Å². The normalized spacial score (nSPS) is 18.3. The lowest BCUT2D eigenvalue weighted by Gasteiger charge is -2.40. The van der Waals surface area contributed by atoms with Gasteiger partial charge in [0.25, 0.3) is 5.69 Å². The number of rotatable bonds is 4. The zero-order chi connectivity index (χ0) is 17.0. The molecule has 1 aromatic carbocycles. The molecule has 0 aromatic heterocycles. The van der Waals surface area contributed by atoms with Crippen molar-refractivity contribution in [2.75, 3.05) is 38.2 Å². The van der Waals surface area contributed by atoms with Gasteiger partial charge in [0, 0.05) is 31.8 Å². The second kappa shape index (κ2) is 7.07. The summed E-state index contributed by atoms with van der Waals surface area (Å²) in [6, 6.07) is 5.54. The van der Waals surface area contributed by atoms with Crippen LogP contribution in [0.3, 0.4) is 0 Å². The van der Waals surface area contributed by atoms with Gasteiger partial charge in [0.2, 0.25) is 0 Å². The fraction of sp³-hybridized carbons (Fsp3) is 0.467. The molecule has 23 heavy (non-hydrogen) atoms. The van der Waals surface area contributed by atoms with E-state index in [-0.39, 0.29) is 23.8 Å². The highest BCUT2D eigenvalue weighted by Crippen LogP contribution is 2.28. The Labute approximate surface area is 134 Å². The Morgan fingerprint density at radius 1 is 1.52 bits per heavy atom. The van der Waals surface area contributed by atoms with Crippen molar-refractivity contribution in [3.8, 4) is 6.07 Å². The number of piperazine rings is 1. The van der Waals surface area contributed by atoms with Crippen molar-refractivity contribution in [2.45, 2.75) is 13.0 Å². The fourth-order valence-corrected chi connectivity index (χ4v) is 2.63. The van der Waals surface area contributed by atoms with Crippen LogP contribution in [0.15, 0.2) is 18.2 Å². The standard InChI is InChI=1S/C15H18N4O4/c1-3-23-15(20)14-10-17(2)6-7-18(14)13-5-4-12(19(21)22)8-11(13)9-16/h4-5,8,14H,3,6-7,10H2,1-2H3. The van der Waals surface area contributed by atoms with E-state index in [0.29, 0.717) is 18.8 Å². The maximum Gasteiger partial charge on any atom is 0.330 e. The molecular formula is C15H18N4O4. The number of nitro benzene ring substituents is 1. The third-order valence-corrected chi connectivity index (χ3v) is 3.76. The molecule has 1 aliphatic heterocycles. The lowest BCUT2D eigenvalue weighted by atomic mass is 10.1. The van der Waals surface area contributed by atoms with Gasteiger partial charge in [0.05, 0.1) is 22.8 Å². The summed E-state index contributed by atoms with van der Waals surface area (Å²) in [7, 11) is 1.91. The first kappa shape index (κ1) is 16.7. The van der Waals surface area contributed by atoms with Crippen LogP contribution < -0.4 is 4.90 Å². The van der Waals surface area contributed by atoms with Gasteiger partial charge < -0.3 is 14.5 Å². The predicted molar refractivity (Wildman–Crippen MR) is 83.1 cm³/mol. The molecule has 1 aliphatic rings. The summed E-state index contributed by atoms with van der Waals surface area (Å²) >= 11 is 0. The van der Waals surface area contributed by atoms with E-state index in [2.05, 4.69) is 0 Å². The highest BCUT2D eigenvalue weighted by molar-refractivity contribution is 5.82. The first-order chi connectivity index (χ1) is 11.0. The fourth-order valence-electron chi connectivity index (χ4n) is 2.63. The van der Waals surface area contributed by atoms with Crippen LogP contribution in [0.25, 0.3) is 0 Å². The van der Waals surface area contributed by atoms with Gasteiger partial charge in [-0.25, -0.2) is 4.79 Å². The van der Waals surface area contributed by atoms with Gasteiger partial charge in [0.15, 0.2) is 0 Å². The number of carbonyl (C=O) groups is 1. The van der Waals surface area contributed by atoms with Crippen molar-refractivity contribution in [3.63, 3.8) is 0 Å². The molecule has 122 valence electrons. The molecule has 1 aromatic rings. The molecule has 0 N–H and O–H groups in total. The molecule has 1 atom stereocenters. The molecule has 2 rings (SSSR count). The zero-order valence-corrected chi connectivity index (χ0v) is 13.1. The maximum atomic E-state index is 12.2. The Hall–Kier alpha value is -2.66. The summed E-state index contributed by atoms with van der Waals surface area (Å²) in [4.78, 5) is 26.3. The average molecular weight is 318 g/mol. The second-order valence-electron chi connectivity index (χ2n) is 5.29. The van der Waals surface area contributed by atoms with Crippen LogP contribution in [0.5, 0.6) is 0 Å². The quantitative estimate of drug-likeness (QED) is 0.466. The van der Waals surface area contributed by atoms with Gasteiger partial charge in [0.1, 0.15) is 12.1 Å². The number of nitriles is 1. The Morgan fingerprint density at radius 2 is 2.26 bits per heavy atom. The molecule has 1 unspecified atom stereocenters. The number of anilines is 1. The van der Waals surface area contributed by atoms with Crippen LogP contribution >= 0.6 is 0 Å². The van der Waals surface area contributed by atoms with Crippen molar-refractivity contribution in [3.05, 3.63) is 33.9 Å². The number of likely N-dealkylation sites (N-methyl/N-ethyl adjacent to an activating group) is 1. The highest BCUT2D eigenvalue weighted by Gasteiger charge is 2.33. The Bertz CT molecular complexity index is 655. The van der Waals surface area contributed by atoms with Gasteiger partial charge in [-0.2, -0.15) is 5.26 Å². The van der Waals surface area contributed by atoms with Crippen molar-refractivity contribution in [2.24, 2.45) is 0 Å². The molecule has 1 heterocycles. The Kier molecular flexibility index (Phi) is 5.13. The molecule has 1 saturated heterocycles. The summed E-state index contributed by atoms with van der Waals surface area (Å²) in [6.07, 6.45) is 0. The first-order valence-electron chi connectivity index (χ1n) is 7.28. The third-order valence-electron chi connectivity index (χ3n) is 3.76. The Balaban J connectivity index is 2.39. The summed E-state index contributed by atoms with van der Waals surface area (Å²) in [5.41, 5.74) is 0.550. The molecule has 0 saturated carbocycles. The molecular weight excluding hydrogens is 300 g/mol. The van der Waals surface area contributed by atoms with Crippen LogP contribution in [-0.4, -0.2) is 55.1 Å². The molecule has 1 fully saturated rings. The van der Waals surface area contributed by atoms with E-state index in [4.69, 9.17) is 4.74 Å². The molecule has 0 amide bonds. The maximum absolute atomic E-state index is 12.2. The lowest BCUT2D eigenvalue weighted by Crippen LogP contribution is -2.56. The highest BCUT2D eigenvalue weighted by atomic mass is 16.6. The van der Waals surface area contributed by atoms with Gasteiger partial charge in [-0.15, -0.1) is 0 Å². The molecule has 0 aliphatic carbocycles. The first-order valence-corrected chi connectivity index (χ1v) is 7.28. The van der Waals surface area contributed by atoms with Crippen molar-refractivity contribution >= 4 is 17.3 Å². The molecule has 0 bridgehead atoms. The van der Waals surface area contributed by atoms with Crippen molar-refractivity contribution in [1.29, 1.82) is 5.26 Å². The zero-order valence-electron chi connectivity index (χ0n) is 13.1. The number of carbonyl (C=O) groups excluding carboxylic acids is 1. The molecule has 8 heteroatoms. The number of hydrogen-bond donors (Lipinski definition) is 0. The van der Waals surface area contributed by atoms with E-state index in [1.165, 1.54) is 18.2 Å². The Morgan fingerprint density at radius 3 is 2.87 bits per heavy atom. The third kappa shape index (κ3) is 3.57. The topological polar surface area (TPSA) is 99.7 Å². The van der Waals surface area contributed by atoms with Gasteiger partial charge >= 0.3 is 5.97 Å². The predicted octanol–water partition coefficient (Wildman–Crippen LogP) is 1.15. The number of esters is 1. The monoisotopic (exact) mass is 318 g/mol. The van der Waals surface area contributed by atoms with Gasteiger partial charge in [-0.1, -0.05) is 0 Å². The average Bonchev–Trinajstić information content (AvgIpc) is 2.54. The van der Waals surface area contributed by atoms with E-state index in [1.54, 1.807) is 11.8 Å². The molecule has 8 nitrogen and oxygen atoms in total. The smallest absolute Gasteiger partial charge is 0.330 e. The van der Waals surface area contributed by atoms with E-state index < -0.39 is 11.0 Å². The minimum Gasteiger partial charge on any atom is -0.464 e. The summed E-state index contributed by atoms with van der Waals surface area (Å²) in [5, 5.41) is 20.2. The number of benzene rings is 1. The largest absolute Gasteiger partial charge is 0.464 e. The minimum absolute atomic E-state index is 0.146. The number of ether oxygens (including phenoxy) is 1. The number of nitro groups is 1. The molecule has 0 spiro atoms. The van der Waals surface area contributed by atoms with E-state index in [1.807, 2.05) is 18.0 Å². The van der Waals surface area contributed by atoms with Crippen LogP contribution in [0.1, 0.15) is 12.5 Å². The van der Waals surface area contributed by atoms with Crippen LogP contribution in [0, 0.1) is 21.4 Å². The van der Waals surface area contributed by atoms with E-state index in [0.717, 1.165) is 6.54 Å². The van der Waals surface area contributed by atoms with Crippen LogP contribution in [-0.2, 0) is 9.53 Å². The summed E-state index contributed by atoms with van der Waals surface area (Å²) < 4.78 is 5.12. The van der Waals surface area contributed by atoms with E-state index in [9.17, 15) is 20.2 Å². The second-order valence-corrected chi connectivity index (χ2v) is 5.29. The SMILES string of the molecule is CCOC(=O)C1CN(C)CCN1c1ccc([N+](=O)[O-])cc1C#N. The summed E-state index contributed by atoms with van der Waals surface area (Å²) in [6.45, 7) is 3.74. The van der Waals surface area contributed by atoms with Crippen molar-refractivity contribution in [1.82, 2.24) is 4.90 Å². The number of nitrogens with zero attached hydrogens (tertiary/aromatic N) is 4. The number of non-ortho nitro benzene ring substituents is 1. The van der Waals surface area contributed by atoms with E-state index >= 15 is 0 Å². The van der Waals surface area contributed by atoms with Crippen LogP contribution in [0.4, 0.5) is 11.4 Å². The minimum atomic E-state index is -0.544. The van der Waals surface area contributed by atoms with Gasteiger partial charge in [-0.3, -0.25) is 10.1 Å². The number of hydrogen-bond acceptors (Lipinski definition) is 7. The van der Waals surface area contributed by atoms with Gasteiger partial charge in [-0.05, 0) is 20.0 Å². The molecule has 0 radical (unpaired) electrons.